The fraction of sp³-hybridized carbons (Fsp3) is 0.333. The van der Waals surface area contributed by atoms with Crippen molar-refractivity contribution in [2.75, 3.05) is 0 Å². The maximum absolute atomic E-state index is 4.50. The maximum atomic E-state index is 4.50. The van der Waals surface area contributed by atoms with Crippen molar-refractivity contribution in [3.63, 3.8) is 0 Å². The third-order valence-electron chi connectivity index (χ3n) is 4.46. The fourth-order valence-electron chi connectivity index (χ4n) is 3.40. The Labute approximate surface area is 153 Å². The molecule has 4 rings (SSSR count). The van der Waals surface area contributed by atoms with Crippen LogP contribution in [-0.2, 0) is 0 Å². The summed E-state index contributed by atoms with van der Waals surface area (Å²) in [7, 11) is 0. The van der Waals surface area contributed by atoms with Crippen LogP contribution in [0.2, 0.25) is 0 Å². The molecule has 0 saturated heterocycles. The smallest absolute Gasteiger partial charge is 0.158 e. The summed E-state index contributed by atoms with van der Waals surface area (Å²) in [4.78, 5) is 9.38. The van der Waals surface area contributed by atoms with Crippen LogP contribution in [0.15, 0.2) is 16.0 Å². The number of fused-ring (bicyclic) bond motifs is 2. The van der Waals surface area contributed by atoms with Crippen LogP contribution >= 0.6 is 27.3 Å². The van der Waals surface area contributed by atoms with Crippen molar-refractivity contribution >= 4 is 43.1 Å². The minimum absolute atomic E-state index is 0.433. The lowest BCUT2D eigenvalue weighted by molar-refractivity contribution is 0.875. The third-order valence-corrected chi connectivity index (χ3v) is 6.53. The van der Waals surface area contributed by atoms with Gasteiger partial charge in [-0.25, -0.2) is 9.50 Å². The molecular formula is C18H19BrN4S. The van der Waals surface area contributed by atoms with Crippen molar-refractivity contribution in [3.05, 3.63) is 38.6 Å². The molecule has 0 atom stereocenters. The van der Waals surface area contributed by atoms with Gasteiger partial charge in [0, 0.05) is 17.1 Å². The maximum Gasteiger partial charge on any atom is 0.158 e. The zero-order valence-corrected chi connectivity index (χ0v) is 16.8. The first-order valence-corrected chi connectivity index (χ1v) is 9.62. The minimum Gasteiger partial charge on any atom is -0.346 e. The summed E-state index contributed by atoms with van der Waals surface area (Å²) in [5.41, 5.74) is 7.11. The van der Waals surface area contributed by atoms with Crippen LogP contribution in [0.5, 0.6) is 0 Å². The van der Waals surface area contributed by atoms with Gasteiger partial charge in [0.25, 0.3) is 0 Å². The lowest BCUT2D eigenvalue weighted by Gasteiger charge is -2.10. The van der Waals surface area contributed by atoms with Crippen molar-refractivity contribution in [2.45, 2.75) is 40.5 Å². The molecule has 0 radical (unpaired) electrons. The molecule has 0 amide bonds. The van der Waals surface area contributed by atoms with E-state index in [0.29, 0.717) is 5.92 Å². The number of aryl methyl sites for hydroxylation is 3. The third kappa shape index (κ3) is 2.24. The van der Waals surface area contributed by atoms with E-state index in [4.69, 9.17) is 0 Å². The Morgan fingerprint density at radius 3 is 2.71 bits per heavy atom. The molecule has 0 aliphatic heterocycles. The molecule has 124 valence electrons. The highest BCUT2D eigenvalue weighted by Gasteiger charge is 2.21. The summed E-state index contributed by atoms with van der Waals surface area (Å²) >= 11 is 5.44. The van der Waals surface area contributed by atoms with Crippen molar-refractivity contribution < 1.29 is 0 Å². The van der Waals surface area contributed by atoms with E-state index in [2.05, 4.69) is 71.0 Å². The zero-order chi connectivity index (χ0) is 17.2. The van der Waals surface area contributed by atoms with Gasteiger partial charge in [-0.05, 0) is 65.4 Å². The lowest BCUT2D eigenvalue weighted by Crippen LogP contribution is -1.96. The number of nitrogens with zero attached hydrogens (tertiary/aromatic N) is 3. The zero-order valence-electron chi connectivity index (χ0n) is 14.4. The quantitative estimate of drug-likeness (QED) is 0.463. The summed E-state index contributed by atoms with van der Waals surface area (Å²) in [5, 5.41) is 5.85. The van der Waals surface area contributed by atoms with Gasteiger partial charge in [0.1, 0.15) is 10.7 Å². The van der Waals surface area contributed by atoms with E-state index in [1.165, 1.54) is 30.8 Å². The fourth-order valence-corrected chi connectivity index (χ4v) is 5.04. The van der Waals surface area contributed by atoms with Gasteiger partial charge in [-0.1, -0.05) is 13.8 Å². The highest BCUT2D eigenvalue weighted by atomic mass is 79.9. The van der Waals surface area contributed by atoms with Gasteiger partial charge in [0.05, 0.1) is 9.48 Å². The van der Waals surface area contributed by atoms with Gasteiger partial charge in [0.2, 0.25) is 0 Å². The second kappa shape index (κ2) is 5.43. The average Bonchev–Trinajstić information content (AvgIpc) is 3.13. The monoisotopic (exact) mass is 402 g/mol. The summed E-state index contributed by atoms with van der Waals surface area (Å²) in [6.45, 7) is 10.7. The molecule has 0 fully saturated rings. The topological polar surface area (TPSA) is 46.0 Å². The predicted molar refractivity (Wildman–Crippen MR) is 104 cm³/mol. The molecule has 4 aromatic rings. The molecule has 4 heterocycles. The number of aromatic amines is 1. The molecule has 0 aliphatic rings. The van der Waals surface area contributed by atoms with Gasteiger partial charge < -0.3 is 4.98 Å². The van der Waals surface area contributed by atoms with Crippen molar-refractivity contribution in [1.82, 2.24) is 19.6 Å². The van der Waals surface area contributed by atoms with Crippen LogP contribution in [0.3, 0.4) is 0 Å². The molecule has 24 heavy (non-hydrogen) atoms. The van der Waals surface area contributed by atoms with Gasteiger partial charge in [-0.3, -0.25) is 0 Å². The molecule has 0 aromatic carbocycles. The van der Waals surface area contributed by atoms with E-state index in [1.807, 2.05) is 11.4 Å². The minimum atomic E-state index is 0.433. The van der Waals surface area contributed by atoms with Crippen LogP contribution < -0.4 is 0 Å². The Hall–Kier alpha value is -1.66. The number of hydrogen-bond donors (Lipinski definition) is 1. The van der Waals surface area contributed by atoms with Gasteiger partial charge >= 0.3 is 0 Å². The average molecular weight is 403 g/mol. The molecule has 6 heteroatoms. The van der Waals surface area contributed by atoms with Gasteiger partial charge in [0.15, 0.2) is 5.65 Å². The molecule has 4 aromatic heterocycles. The van der Waals surface area contributed by atoms with Gasteiger partial charge in [-0.2, -0.15) is 5.10 Å². The molecule has 0 unspecified atom stereocenters. The lowest BCUT2D eigenvalue weighted by atomic mass is 9.96. The van der Waals surface area contributed by atoms with Crippen LogP contribution in [0.25, 0.3) is 27.1 Å². The Morgan fingerprint density at radius 1 is 1.25 bits per heavy atom. The Kier molecular flexibility index (Phi) is 3.58. The number of pyridine rings is 1. The Balaban J connectivity index is 2.04. The summed E-state index contributed by atoms with van der Waals surface area (Å²) < 4.78 is 3.10. The predicted octanol–water partition coefficient (Wildman–Crippen LogP) is 5.75. The highest BCUT2D eigenvalue weighted by Crippen LogP contribution is 2.43. The van der Waals surface area contributed by atoms with Crippen LogP contribution in [0.4, 0.5) is 0 Å². The largest absolute Gasteiger partial charge is 0.346 e. The standard InChI is InChI=1S/C18H19BrN4S/c1-8(2)13-14-10(4)16(19)24-18(14)21-15(13)12-6-9(3)17-20-11(5)22-23(17)7-12/h6-8,21H,1-5H3. The van der Waals surface area contributed by atoms with Crippen LogP contribution in [0, 0.1) is 20.8 Å². The van der Waals surface area contributed by atoms with Crippen LogP contribution in [0.1, 0.15) is 42.3 Å². The summed E-state index contributed by atoms with van der Waals surface area (Å²) in [5.74, 6) is 1.23. The number of halogens is 1. The Bertz CT molecular complexity index is 1080. The summed E-state index contributed by atoms with van der Waals surface area (Å²) in [6.07, 6.45) is 2.08. The van der Waals surface area contributed by atoms with E-state index < -0.39 is 0 Å². The van der Waals surface area contributed by atoms with E-state index >= 15 is 0 Å². The van der Waals surface area contributed by atoms with Crippen molar-refractivity contribution in [2.24, 2.45) is 0 Å². The van der Waals surface area contributed by atoms with Crippen molar-refractivity contribution in [1.29, 1.82) is 0 Å². The number of aromatic nitrogens is 4. The number of hydrogen-bond acceptors (Lipinski definition) is 3. The molecule has 1 N–H and O–H groups in total. The van der Waals surface area contributed by atoms with Gasteiger partial charge in [-0.15, -0.1) is 11.3 Å². The molecule has 0 bridgehead atoms. The van der Waals surface area contributed by atoms with Crippen LogP contribution in [-0.4, -0.2) is 19.6 Å². The second-order valence-corrected chi connectivity index (χ2v) is 8.95. The molecule has 0 spiro atoms. The number of rotatable bonds is 2. The van der Waals surface area contributed by atoms with E-state index in [1.54, 1.807) is 11.3 Å². The number of thiophene rings is 1. The van der Waals surface area contributed by atoms with Crippen molar-refractivity contribution in [3.8, 4) is 11.3 Å². The second-order valence-electron chi connectivity index (χ2n) is 6.61. The van der Waals surface area contributed by atoms with E-state index in [-0.39, 0.29) is 0 Å². The Morgan fingerprint density at radius 2 is 2.00 bits per heavy atom. The summed E-state index contributed by atoms with van der Waals surface area (Å²) in [6, 6.07) is 2.20. The molecule has 4 nitrogen and oxygen atoms in total. The first kappa shape index (κ1) is 15.8. The van der Waals surface area contributed by atoms with E-state index in [0.717, 1.165) is 22.6 Å². The number of H-pyrrole nitrogens is 1. The molecular weight excluding hydrogens is 384 g/mol. The first-order chi connectivity index (χ1) is 11.4. The highest BCUT2D eigenvalue weighted by molar-refractivity contribution is 9.11. The molecule has 0 aliphatic carbocycles. The van der Waals surface area contributed by atoms with E-state index in [9.17, 15) is 0 Å². The first-order valence-electron chi connectivity index (χ1n) is 8.01. The number of nitrogens with one attached hydrogen (secondary N) is 1. The SMILES string of the molecule is Cc1nc2c(C)cc(-c3[nH]c4sc(Br)c(C)c4c3C(C)C)cn2n1. The molecule has 0 saturated carbocycles. The normalized spacial score (nSPS) is 12.1.